The number of nitrogens with one attached hydrogen (secondary N) is 2. The summed E-state index contributed by atoms with van der Waals surface area (Å²) in [6.45, 7) is 2.36. The summed E-state index contributed by atoms with van der Waals surface area (Å²) in [7, 11) is 0. The Morgan fingerprint density at radius 1 is 1.04 bits per heavy atom. The zero-order valence-electron chi connectivity index (χ0n) is 14.8. The molecule has 0 saturated heterocycles. The van der Waals surface area contributed by atoms with Crippen LogP contribution in [0.4, 0.5) is 15.8 Å². The minimum atomic E-state index is -1.05. The summed E-state index contributed by atoms with van der Waals surface area (Å²) >= 11 is 0. The fourth-order valence-corrected chi connectivity index (χ4v) is 2.07. The lowest BCUT2D eigenvalue weighted by atomic mass is 10.2. The number of hydrogen-bond donors (Lipinski definition) is 2. The van der Waals surface area contributed by atoms with E-state index in [2.05, 4.69) is 10.6 Å². The highest BCUT2D eigenvalue weighted by molar-refractivity contribution is 5.95. The Bertz CT molecular complexity index is 823. The number of benzene rings is 2. The van der Waals surface area contributed by atoms with E-state index in [-0.39, 0.29) is 11.7 Å². The maximum atomic E-state index is 13.0. The Morgan fingerprint density at radius 2 is 1.67 bits per heavy atom. The van der Waals surface area contributed by atoms with Gasteiger partial charge in [0.2, 0.25) is 5.91 Å². The SMILES string of the molecule is CC(=O)Nc1ccc(NC(=O)[C@H](C)OC(=O)COc2cccc(F)c2)cc1. The molecule has 0 aliphatic rings. The van der Waals surface area contributed by atoms with Gasteiger partial charge in [-0.25, -0.2) is 9.18 Å². The second-order valence-electron chi connectivity index (χ2n) is 5.63. The van der Waals surface area contributed by atoms with Gasteiger partial charge in [-0.15, -0.1) is 0 Å². The maximum absolute atomic E-state index is 13.0. The minimum Gasteiger partial charge on any atom is -0.482 e. The van der Waals surface area contributed by atoms with Crippen LogP contribution in [0.25, 0.3) is 0 Å². The normalized spacial score (nSPS) is 11.2. The topological polar surface area (TPSA) is 93.7 Å². The van der Waals surface area contributed by atoms with Crippen LogP contribution in [0.5, 0.6) is 5.75 Å². The number of anilines is 2. The Morgan fingerprint density at radius 3 is 2.26 bits per heavy atom. The van der Waals surface area contributed by atoms with E-state index in [4.69, 9.17) is 9.47 Å². The third-order valence-corrected chi connectivity index (χ3v) is 3.30. The summed E-state index contributed by atoms with van der Waals surface area (Å²) in [5, 5.41) is 5.20. The molecule has 2 aromatic rings. The molecule has 142 valence electrons. The van der Waals surface area contributed by atoms with Crippen LogP contribution < -0.4 is 15.4 Å². The van der Waals surface area contributed by atoms with Gasteiger partial charge >= 0.3 is 5.97 Å². The van der Waals surface area contributed by atoms with Gasteiger partial charge < -0.3 is 20.1 Å². The largest absolute Gasteiger partial charge is 0.482 e. The molecule has 0 bridgehead atoms. The molecule has 7 nitrogen and oxygen atoms in total. The van der Waals surface area contributed by atoms with Gasteiger partial charge in [0.15, 0.2) is 12.7 Å². The third-order valence-electron chi connectivity index (χ3n) is 3.30. The molecule has 2 amide bonds. The molecule has 8 heteroatoms. The van der Waals surface area contributed by atoms with Crippen molar-refractivity contribution in [1.29, 1.82) is 0 Å². The van der Waals surface area contributed by atoms with Crippen LogP contribution in [-0.4, -0.2) is 30.5 Å². The highest BCUT2D eigenvalue weighted by Gasteiger charge is 2.18. The molecule has 2 N–H and O–H groups in total. The lowest BCUT2D eigenvalue weighted by Crippen LogP contribution is -2.31. The average molecular weight is 374 g/mol. The molecule has 2 rings (SSSR count). The van der Waals surface area contributed by atoms with E-state index in [0.717, 1.165) is 6.07 Å². The molecule has 0 unspecified atom stereocenters. The van der Waals surface area contributed by atoms with Crippen LogP contribution in [-0.2, 0) is 19.1 Å². The van der Waals surface area contributed by atoms with Gasteiger partial charge in [-0.05, 0) is 43.3 Å². The molecule has 0 aliphatic carbocycles. The first-order valence-corrected chi connectivity index (χ1v) is 8.10. The molecular formula is C19H19FN2O5. The van der Waals surface area contributed by atoms with Crippen LogP contribution in [0.1, 0.15) is 13.8 Å². The fourth-order valence-electron chi connectivity index (χ4n) is 2.07. The molecule has 0 aliphatic heterocycles. The fraction of sp³-hybridized carbons (Fsp3) is 0.211. The van der Waals surface area contributed by atoms with Gasteiger partial charge in [0.05, 0.1) is 0 Å². The second kappa shape index (κ2) is 9.33. The molecule has 0 saturated carbocycles. The van der Waals surface area contributed by atoms with Crippen molar-refractivity contribution in [3.8, 4) is 5.75 Å². The summed E-state index contributed by atoms with van der Waals surface area (Å²) in [4.78, 5) is 34.8. The lowest BCUT2D eigenvalue weighted by Gasteiger charge is -2.14. The Balaban J connectivity index is 1.80. The minimum absolute atomic E-state index is 0.184. The van der Waals surface area contributed by atoms with E-state index < -0.39 is 30.4 Å². The van der Waals surface area contributed by atoms with Crippen molar-refractivity contribution in [1.82, 2.24) is 0 Å². The summed E-state index contributed by atoms with van der Waals surface area (Å²) in [6, 6.07) is 11.8. The van der Waals surface area contributed by atoms with Gasteiger partial charge in [0, 0.05) is 24.4 Å². The van der Waals surface area contributed by atoms with Gasteiger partial charge in [-0.3, -0.25) is 9.59 Å². The highest BCUT2D eigenvalue weighted by Crippen LogP contribution is 2.14. The molecular weight excluding hydrogens is 355 g/mol. The number of carbonyl (C=O) groups is 3. The van der Waals surface area contributed by atoms with E-state index in [0.29, 0.717) is 11.4 Å². The predicted octanol–water partition coefficient (Wildman–Crippen LogP) is 2.73. The molecule has 0 heterocycles. The van der Waals surface area contributed by atoms with Crippen LogP contribution in [0.2, 0.25) is 0 Å². The number of hydrogen-bond acceptors (Lipinski definition) is 5. The molecule has 0 spiro atoms. The first kappa shape index (κ1) is 19.9. The van der Waals surface area contributed by atoms with Crippen LogP contribution in [0, 0.1) is 5.82 Å². The van der Waals surface area contributed by atoms with Gasteiger partial charge in [-0.2, -0.15) is 0 Å². The lowest BCUT2D eigenvalue weighted by molar-refractivity contribution is -0.155. The molecule has 0 fully saturated rings. The van der Waals surface area contributed by atoms with Crippen LogP contribution in [0.15, 0.2) is 48.5 Å². The number of ether oxygens (including phenoxy) is 2. The highest BCUT2D eigenvalue weighted by atomic mass is 19.1. The van der Waals surface area contributed by atoms with Crippen molar-refractivity contribution < 1.29 is 28.2 Å². The molecule has 2 aromatic carbocycles. The van der Waals surface area contributed by atoms with E-state index in [1.54, 1.807) is 24.3 Å². The van der Waals surface area contributed by atoms with Crippen molar-refractivity contribution in [2.75, 3.05) is 17.2 Å². The summed E-state index contributed by atoms with van der Waals surface area (Å²) < 4.78 is 23.1. The zero-order valence-corrected chi connectivity index (χ0v) is 14.8. The van der Waals surface area contributed by atoms with Crippen molar-refractivity contribution >= 4 is 29.2 Å². The van der Waals surface area contributed by atoms with E-state index >= 15 is 0 Å². The number of esters is 1. The number of amides is 2. The summed E-state index contributed by atoms with van der Waals surface area (Å²) in [6.07, 6.45) is -1.05. The Kier molecular flexibility index (Phi) is 6.87. The quantitative estimate of drug-likeness (QED) is 0.727. The first-order valence-electron chi connectivity index (χ1n) is 8.10. The molecule has 0 aromatic heterocycles. The van der Waals surface area contributed by atoms with Gasteiger partial charge in [0.25, 0.3) is 5.91 Å². The molecule has 27 heavy (non-hydrogen) atoms. The second-order valence-corrected chi connectivity index (χ2v) is 5.63. The van der Waals surface area contributed by atoms with Gasteiger partial charge in [0.1, 0.15) is 11.6 Å². The van der Waals surface area contributed by atoms with Crippen molar-refractivity contribution in [3.63, 3.8) is 0 Å². The number of carbonyl (C=O) groups excluding carboxylic acids is 3. The predicted molar refractivity (Wildman–Crippen MR) is 96.8 cm³/mol. The monoisotopic (exact) mass is 374 g/mol. The molecule has 0 radical (unpaired) electrons. The van der Waals surface area contributed by atoms with Crippen LogP contribution >= 0.6 is 0 Å². The standard InChI is InChI=1S/C19H19FN2O5/c1-12(27-18(24)11-26-17-5-3-4-14(20)10-17)19(25)22-16-8-6-15(7-9-16)21-13(2)23/h3-10,12H,11H2,1-2H3,(H,21,23)(H,22,25)/t12-/m0/s1. The third kappa shape index (κ3) is 6.77. The maximum Gasteiger partial charge on any atom is 0.344 e. The Hall–Kier alpha value is -3.42. The van der Waals surface area contributed by atoms with Gasteiger partial charge in [-0.1, -0.05) is 6.07 Å². The van der Waals surface area contributed by atoms with E-state index in [1.807, 2.05) is 0 Å². The van der Waals surface area contributed by atoms with E-state index in [1.165, 1.54) is 32.0 Å². The number of halogens is 1. The summed E-state index contributed by atoms with van der Waals surface area (Å²) in [5.41, 5.74) is 1.07. The average Bonchev–Trinajstić information content (AvgIpc) is 2.61. The zero-order chi connectivity index (χ0) is 19.8. The first-order chi connectivity index (χ1) is 12.8. The smallest absolute Gasteiger partial charge is 0.344 e. The Labute approximate surface area is 155 Å². The van der Waals surface area contributed by atoms with E-state index in [9.17, 15) is 18.8 Å². The molecule has 1 atom stereocenters. The van der Waals surface area contributed by atoms with Crippen molar-refractivity contribution in [2.45, 2.75) is 20.0 Å². The van der Waals surface area contributed by atoms with Crippen LogP contribution in [0.3, 0.4) is 0 Å². The van der Waals surface area contributed by atoms with Crippen molar-refractivity contribution in [3.05, 3.63) is 54.3 Å². The summed E-state index contributed by atoms with van der Waals surface area (Å²) in [5.74, 6) is -1.79. The van der Waals surface area contributed by atoms with Crippen molar-refractivity contribution in [2.24, 2.45) is 0 Å². The number of rotatable bonds is 7.